The van der Waals surface area contributed by atoms with E-state index < -0.39 is 0 Å². The second-order valence-corrected chi connectivity index (χ2v) is 8.24. The van der Waals surface area contributed by atoms with Crippen LogP contribution in [0.3, 0.4) is 0 Å². The SMILES string of the molecule is CCN1c2ccccc2N(C)C12CCCCC21N(C)c2ccccc2N1C. The molecule has 2 heterocycles. The fourth-order valence-electron chi connectivity index (χ4n) is 6.45. The van der Waals surface area contributed by atoms with Gasteiger partial charge in [0, 0.05) is 27.7 Å². The molecule has 2 aromatic rings. The fraction of sp³-hybridized carbons (Fsp3) is 0.478. The number of hydrogen-bond acceptors (Lipinski definition) is 4. The summed E-state index contributed by atoms with van der Waals surface area (Å²) in [7, 11) is 6.92. The molecule has 0 aromatic heterocycles. The number of para-hydroxylation sites is 4. The molecule has 142 valence electrons. The predicted octanol–water partition coefficient (Wildman–Crippen LogP) is 4.52. The Hall–Kier alpha value is -2.36. The molecule has 2 aliphatic heterocycles. The molecule has 2 aromatic carbocycles. The summed E-state index contributed by atoms with van der Waals surface area (Å²) in [4.78, 5) is 10.4. The minimum atomic E-state index is -0.0846. The van der Waals surface area contributed by atoms with Crippen LogP contribution < -0.4 is 19.6 Å². The molecule has 0 amide bonds. The highest BCUT2D eigenvalue weighted by Gasteiger charge is 2.68. The van der Waals surface area contributed by atoms with Gasteiger partial charge in [-0.15, -0.1) is 0 Å². The van der Waals surface area contributed by atoms with Gasteiger partial charge in [0.05, 0.1) is 22.7 Å². The first-order valence-electron chi connectivity index (χ1n) is 10.3. The monoisotopic (exact) mass is 362 g/mol. The zero-order valence-electron chi connectivity index (χ0n) is 16.9. The van der Waals surface area contributed by atoms with E-state index in [1.807, 2.05) is 0 Å². The lowest BCUT2D eigenvalue weighted by Crippen LogP contribution is -2.80. The van der Waals surface area contributed by atoms with Crippen LogP contribution in [0.25, 0.3) is 0 Å². The summed E-state index contributed by atoms with van der Waals surface area (Å²) >= 11 is 0. The third kappa shape index (κ3) is 1.75. The Morgan fingerprint density at radius 1 is 0.667 bits per heavy atom. The van der Waals surface area contributed by atoms with Gasteiger partial charge in [-0.25, -0.2) is 0 Å². The van der Waals surface area contributed by atoms with Crippen molar-refractivity contribution in [2.75, 3.05) is 47.3 Å². The Morgan fingerprint density at radius 2 is 1.07 bits per heavy atom. The topological polar surface area (TPSA) is 13.0 Å². The molecule has 1 atom stereocenters. The predicted molar refractivity (Wildman–Crippen MR) is 115 cm³/mol. The van der Waals surface area contributed by atoms with Crippen molar-refractivity contribution >= 4 is 22.7 Å². The van der Waals surface area contributed by atoms with Gasteiger partial charge in [0.1, 0.15) is 0 Å². The molecule has 1 unspecified atom stereocenters. The summed E-state index contributed by atoms with van der Waals surface area (Å²) in [5.41, 5.74) is 5.27. The zero-order chi connectivity index (χ0) is 18.8. The summed E-state index contributed by atoms with van der Waals surface area (Å²) in [6.07, 6.45) is 4.89. The van der Waals surface area contributed by atoms with Crippen LogP contribution in [0.1, 0.15) is 32.6 Å². The minimum absolute atomic E-state index is 0.0772. The van der Waals surface area contributed by atoms with Crippen molar-refractivity contribution in [3.05, 3.63) is 48.5 Å². The van der Waals surface area contributed by atoms with E-state index in [-0.39, 0.29) is 11.3 Å². The Labute approximate surface area is 163 Å². The normalized spacial score (nSPS) is 25.5. The number of fused-ring (bicyclic) bond motifs is 3. The second kappa shape index (κ2) is 5.57. The van der Waals surface area contributed by atoms with Crippen LogP contribution >= 0.6 is 0 Å². The number of hydrogen-bond donors (Lipinski definition) is 0. The van der Waals surface area contributed by atoms with Gasteiger partial charge in [0.15, 0.2) is 11.3 Å². The third-order valence-corrected chi connectivity index (χ3v) is 7.51. The lowest BCUT2D eigenvalue weighted by molar-refractivity contribution is 0.144. The Morgan fingerprint density at radius 3 is 1.59 bits per heavy atom. The van der Waals surface area contributed by atoms with Gasteiger partial charge in [0.25, 0.3) is 0 Å². The van der Waals surface area contributed by atoms with Gasteiger partial charge in [-0.2, -0.15) is 0 Å². The largest absolute Gasteiger partial charge is 0.347 e. The van der Waals surface area contributed by atoms with Crippen LogP contribution in [0.15, 0.2) is 48.5 Å². The smallest absolute Gasteiger partial charge is 0.156 e. The first kappa shape index (κ1) is 16.8. The standard InChI is InChI=1S/C23H30N4/c1-5-27-21-15-9-8-14-20(21)26(4)23(27)17-11-10-16-22(23)24(2)18-12-6-7-13-19(18)25(22)3/h6-9,12-15H,5,10-11,16-17H2,1-4H3. The number of nitrogens with zero attached hydrogens (tertiary/aromatic N) is 4. The Kier molecular flexibility index (Phi) is 3.46. The van der Waals surface area contributed by atoms with E-state index in [2.05, 4.69) is 96.2 Å². The molecule has 0 bridgehead atoms. The molecule has 1 saturated carbocycles. The van der Waals surface area contributed by atoms with E-state index in [9.17, 15) is 0 Å². The molecular formula is C23H30N4. The van der Waals surface area contributed by atoms with Crippen LogP contribution in [0.5, 0.6) is 0 Å². The Bertz CT molecular complexity index is 849. The first-order chi connectivity index (χ1) is 13.1. The van der Waals surface area contributed by atoms with Crippen LogP contribution in [0, 0.1) is 0 Å². The first-order valence-corrected chi connectivity index (χ1v) is 10.3. The van der Waals surface area contributed by atoms with E-state index in [1.54, 1.807) is 0 Å². The van der Waals surface area contributed by atoms with E-state index in [0.717, 1.165) is 6.54 Å². The van der Waals surface area contributed by atoms with Crippen molar-refractivity contribution in [2.24, 2.45) is 0 Å². The summed E-state index contributed by atoms with van der Waals surface area (Å²) in [5.74, 6) is 0. The summed E-state index contributed by atoms with van der Waals surface area (Å²) in [5, 5.41) is 0. The molecule has 5 rings (SSSR count). The van der Waals surface area contributed by atoms with Gasteiger partial charge < -0.3 is 19.6 Å². The van der Waals surface area contributed by atoms with E-state index >= 15 is 0 Å². The number of benzene rings is 2. The molecule has 0 radical (unpaired) electrons. The van der Waals surface area contributed by atoms with E-state index in [4.69, 9.17) is 0 Å². The highest BCUT2D eigenvalue weighted by Crippen LogP contribution is 2.60. The van der Waals surface area contributed by atoms with Crippen LogP contribution in [-0.2, 0) is 0 Å². The molecule has 4 nitrogen and oxygen atoms in total. The van der Waals surface area contributed by atoms with Gasteiger partial charge in [-0.3, -0.25) is 0 Å². The van der Waals surface area contributed by atoms with Crippen molar-refractivity contribution in [3.8, 4) is 0 Å². The van der Waals surface area contributed by atoms with Gasteiger partial charge in [0.2, 0.25) is 0 Å². The van der Waals surface area contributed by atoms with Crippen LogP contribution in [0.2, 0.25) is 0 Å². The summed E-state index contributed by atoms with van der Waals surface area (Å²) < 4.78 is 0. The lowest BCUT2D eigenvalue weighted by Gasteiger charge is -2.62. The summed E-state index contributed by atoms with van der Waals surface area (Å²) in [6, 6.07) is 17.8. The maximum absolute atomic E-state index is 2.68. The molecular weight excluding hydrogens is 332 g/mol. The molecule has 3 aliphatic rings. The quantitative estimate of drug-likeness (QED) is 0.740. The molecule has 0 N–H and O–H groups in total. The average molecular weight is 363 g/mol. The van der Waals surface area contributed by atoms with Crippen molar-refractivity contribution in [1.29, 1.82) is 0 Å². The van der Waals surface area contributed by atoms with E-state index in [0.29, 0.717) is 0 Å². The molecule has 2 spiro atoms. The van der Waals surface area contributed by atoms with Gasteiger partial charge in [-0.05, 0) is 56.9 Å². The molecule has 1 fully saturated rings. The van der Waals surface area contributed by atoms with Crippen LogP contribution in [0.4, 0.5) is 22.7 Å². The van der Waals surface area contributed by atoms with Crippen molar-refractivity contribution in [3.63, 3.8) is 0 Å². The summed E-state index contributed by atoms with van der Waals surface area (Å²) in [6.45, 7) is 3.32. The average Bonchev–Trinajstić information content (AvgIpc) is 3.08. The van der Waals surface area contributed by atoms with Crippen LogP contribution in [-0.4, -0.2) is 39.0 Å². The van der Waals surface area contributed by atoms with Gasteiger partial charge in [-0.1, -0.05) is 24.3 Å². The highest BCUT2D eigenvalue weighted by atomic mass is 15.6. The molecule has 27 heavy (non-hydrogen) atoms. The third-order valence-electron chi connectivity index (χ3n) is 7.51. The van der Waals surface area contributed by atoms with E-state index in [1.165, 1.54) is 48.4 Å². The fourth-order valence-corrected chi connectivity index (χ4v) is 6.45. The van der Waals surface area contributed by atoms with Crippen molar-refractivity contribution in [2.45, 2.75) is 43.9 Å². The second-order valence-electron chi connectivity index (χ2n) is 8.24. The number of likely N-dealkylation sites (N-methyl/N-ethyl adjacent to an activating group) is 4. The zero-order valence-corrected chi connectivity index (χ0v) is 16.9. The maximum Gasteiger partial charge on any atom is 0.156 e. The van der Waals surface area contributed by atoms with Crippen molar-refractivity contribution in [1.82, 2.24) is 0 Å². The molecule has 4 heteroatoms. The number of rotatable bonds is 1. The molecule has 1 aliphatic carbocycles. The number of anilines is 4. The lowest BCUT2D eigenvalue weighted by atomic mass is 9.75. The van der Waals surface area contributed by atoms with Gasteiger partial charge >= 0.3 is 0 Å². The molecule has 0 saturated heterocycles. The highest BCUT2D eigenvalue weighted by molar-refractivity contribution is 5.86. The Balaban J connectivity index is 1.77. The minimum Gasteiger partial charge on any atom is -0.347 e. The maximum atomic E-state index is 2.68. The van der Waals surface area contributed by atoms with Crippen molar-refractivity contribution < 1.29 is 0 Å².